The largest absolute Gasteiger partial charge is 0.293 e. The average molecular weight is 319 g/mol. The Kier molecular flexibility index (Phi) is 4.56. The first kappa shape index (κ1) is 13.7. The quantitative estimate of drug-likeness (QED) is 0.797. The van der Waals surface area contributed by atoms with Gasteiger partial charge in [0.05, 0.1) is 20.9 Å². The Bertz CT molecular complexity index is 593. The van der Waals surface area contributed by atoms with Crippen LogP contribution in [0.15, 0.2) is 41.3 Å². The first-order valence-electron chi connectivity index (χ1n) is 4.99. The van der Waals surface area contributed by atoms with Crippen LogP contribution in [0.2, 0.25) is 8.67 Å². The van der Waals surface area contributed by atoms with Crippen molar-refractivity contribution in [1.82, 2.24) is 0 Å². The molecule has 1 heterocycles. The zero-order chi connectivity index (χ0) is 13.1. The maximum Gasteiger partial charge on any atom is 0.178 e. The van der Waals surface area contributed by atoms with Crippen LogP contribution < -0.4 is 0 Å². The lowest BCUT2D eigenvalue weighted by atomic mass is 10.2. The van der Waals surface area contributed by atoms with Gasteiger partial charge in [0.1, 0.15) is 4.34 Å². The molecule has 0 bridgehead atoms. The summed E-state index contributed by atoms with van der Waals surface area (Å²) in [5.41, 5.74) is 0.343. The first-order valence-corrected chi connectivity index (χ1v) is 7.88. The molecule has 0 aliphatic heterocycles. The molecule has 0 spiro atoms. The summed E-state index contributed by atoms with van der Waals surface area (Å²) in [6.45, 7) is 0. The Labute approximate surface area is 121 Å². The summed E-state index contributed by atoms with van der Waals surface area (Å²) < 4.78 is 12.8. The van der Waals surface area contributed by atoms with Crippen LogP contribution in [0.5, 0.6) is 0 Å². The van der Waals surface area contributed by atoms with Crippen LogP contribution in [-0.2, 0) is 10.8 Å². The van der Waals surface area contributed by atoms with Crippen molar-refractivity contribution in [3.05, 3.63) is 50.6 Å². The highest BCUT2D eigenvalue weighted by Gasteiger charge is 2.17. The molecule has 0 fully saturated rings. The van der Waals surface area contributed by atoms with Gasteiger partial charge in [0.2, 0.25) is 0 Å². The molecule has 2 aromatic rings. The van der Waals surface area contributed by atoms with Crippen LogP contribution >= 0.6 is 34.5 Å². The van der Waals surface area contributed by atoms with E-state index in [2.05, 4.69) is 0 Å². The fraction of sp³-hybridized carbons (Fsp3) is 0.0833. The van der Waals surface area contributed by atoms with Crippen molar-refractivity contribution in [3.8, 4) is 0 Å². The summed E-state index contributed by atoms with van der Waals surface area (Å²) in [6.07, 6.45) is 0. The third kappa shape index (κ3) is 3.20. The molecular weight excluding hydrogens is 311 g/mol. The van der Waals surface area contributed by atoms with Gasteiger partial charge in [-0.3, -0.25) is 9.00 Å². The molecule has 0 aliphatic carbocycles. The zero-order valence-corrected chi connectivity index (χ0v) is 12.2. The average Bonchev–Trinajstić information content (AvgIpc) is 2.69. The molecule has 1 atom stereocenters. The summed E-state index contributed by atoms with van der Waals surface area (Å²) in [5, 5.41) is 0. The van der Waals surface area contributed by atoms with Gasteiger partial charge in [-0.2, -0.15) is 0 Å². The van der Waals surface area contributed by atoms with Gasteiger partial charge in [-0.25, -0.2) is 0 Å². The van der Waals surface area contributed by atoms with Crippen molar-refractivity contribution in [2.45, 2.75) is 4.90 Å². The fourth-order valence-corrected chi connectivity index (χ4v) is 3.90. The molecule has 18 heavy (non-hydrogen) atoms. The van der Waals surface area contributed by atoms with E-state index in [0.717, 1.165) is 11.3 Å². The Hall–Kier alpha value is -0.680. The molecule has 94 valence electrons. The van der Waals surface area contributed by atoms with Crippen molar-refractivity contribution in [1.29, 1.82) is 0 Å². The summed E-state index contributed by atoms with van der Waals surface area (Å²) in [5.74, 6) is -0.345. The van der Waals surface area contributed by atoms with Crippen LogP contribution in [-0.4, -0.2) is 15.7 Å². The van der Waals surface area contributed by atoms with Crippen molar-refractivity contribution < 1.29 is 9.00 Å². The number of rotatable bonds is 4. The highest BCUT2D eigenvalue weighted by Crippen LogP contribution is 2.31. The molecular formula is C12H8Cl2O2S2. The Morgan fingerprint density at radius 2 is 1.89 bits per heavy atom. The summed E-state index contributed by atoms with van der Waals surface area (Å²) in [7, 11) is -1.36. The second-order valence-electron chi connectivity index (χ2n) is 3.46. The first-order chi connectivity index (χ1) is 8.58. The fourth-order valence-electron chi connectivity index (χ4n) is 1.38. The third-order valence-corrected chi connectivity index (χ3v) is 5.04. The summed E-state index contributed by atoms with van der Waals surface area (Å²) >= 11 is 12.8. The van der Waals surface area contributed by atoms with Gasteiger partial charge in [-0.15, -0.1) is 11.3 Å². The van der Waals surface area contributed by atoms with E-state index in [-0.39, 0.29) is 11.5 Å². The Balaban J connectivity index is 2.13. The minimum Gasteiger partial charge on any atom is -0.293 e. The van der Waals surface area contributed by atoms with Crippen molar-refractivity contribution in [3.63, 3.8) is 0 Å². The van der Waals surface area contributed by atoms with E-state index in [4.69, 9.17) is 23.2 Å². The third-order valence-electron chi connectivity index (χ3n) is 2.23. The van der Waals surface area contributed by atoms with Crippen molar-refractivity contribution >= 4 is 51.1 Å². The van der Waals surface area contributed by atoms with Gasteiger partial charge in [0, 0.05) is 10.5 Å². The predicted molar refractivity (Wildman–Crippen MR) is 76.4 cm³/mol. The van der Waals surface area contributed by atoms with Crippen LogP contribution in [0, 0.1) is 0 Å². The number of Topliss-reactive ketones (excluding diaryl/α,β-unsaturated/α-hetero) is 1. The molecule has 1 aromatic heterocycles. The van der Waals surface area contributed by atoms with Gasteiger partial charge in [0.15, 0.2) is 5.78 Å². The van der Waals surface area contributed by atoms with Gasteiger partial charge in [0.25, 0.3) is 0 Å². The molecule has 0 amide bonds. The number of hydrogen-bond acceptors (Lipinski definition) is 3. The van der Waals surface area contributed by atoms with Crippen LogP contribution in [0.4, 0.5) is 0 Å². The molecule has 2 rings (SSSR count). The maximum atomic E-state index is 12.0. The Morgan fingerprint density at radius 3 is 2.44 bits per heavy atom. The van der Waals surface area contributed by atoms with E-state index in [9.17, 15) is 9.00 Å². The summed E-state index contributed by atoms with van der Waals surface area (Å²) in [6, 6.07) is 10.4. The monoisotopic (exact) mass is 318 g/mol. The highest BCUT2D eigenvalue weighted by molar-refractivity contribution is 7.85. The molecule has 0 radical (unpaired) electrons. The second-order valence-corrected chi connectivity index (χ2v) is 7.20. The van der Waals surface area contributed by atoms with Gasteiger partial charge >= 0.3 is 0 Å². The van der Waals surface area contributed by atoms with Crippen LogP contribution in [0.1, 0.15) is 10.4 Å². The van der Waals surface area contributed by atoms with Crippen LogP contribution in [0.25, 0.3) is 0 Å². The molecule has 0 saturated carbocycles. The van der Waals surface area contributed by atoms with Gasteiger partial charge in [-0.05, 0) is 18.2 Å². The molecule has 6 heteroatoms. The maximum absolute atomic E-state index is 12.0. The molecule has 1 unspecified atom stereocenters. The standard InChI is InChI=1S/C12H8Cl2O2S2/c13-11-6-9(12(14)17-11)10(15)7-18(16)8-4-2-1-3-5-8/h1-6H,7H2. The predicted octanol–water partition coefficient (Wildman–Crippen LogP) is 4.05. The van der Waals surface area contributed by atoms with E-state index < -0.39 is 10.8 Å². The Morgan fingerprint density at radius 1 is 1.22 bits per heavy atom. The van der Waals surface area contributed by atoms with Gasteiger partial charge < -0.3 is 0 Å². The lowest BCUT2D eigenvalue weighted by molar-refractivity contribution is 0.102. The lowest BCUT2D eigenvalue weighted by Crippen LogP contribution is -2.10. The molecule has 0 aliphatic rings. The highest BCUT2D eigenvalue weighted by atomic mass is 35.5. The minimum atomic E-state index is -1.36. The molecule has 1 aromatic carbocycles. The topological polar surface area (TPSA) is 34.1 Å². The van der Waals surface area contributed by atoms with Crippen molar-refractivity contribution in [2.75, 3.05) is 5.75 Å². The number of hydrogen-bond donors (Lipinski definition) is 0. The van der Waals surface area contributed by atoms with Crippen LogP contribution in [0.3, 0.4) is 0 Å². The number of ketones is 1. The van der Waals surface area contributed by atoms with E-state index in [0.29, 0.717) is 19.1 Å². The second kappa shape index (κ2) is 5.97. The smallest absolute Gasteiger partial charge is 0.178 e. The normalized spacial score (nSPS) is 12.3. The number of carbonyl (C=O) groups excluding carboxylic acids is 1. The molecule has 0 saturated heterocycles. The number of thiophene rings is 1. The lowest BCUT2D eigenvalue weighted by Gasteiger charge is -2.00. The van der Waals surface area contributed by atoms with E-state index in [1.807, 2.05) is 6.07 Å². The van der Waals surface area contributed by atoms with E-state index in [1.54, 1.807) is 24.3 Å². The summed E-state index contributed by atoms with van der Waals surface area (Å²) in [4.78, 5) is 12.6. The van der Waals surface area contributed by atoms with E-state index in [1.165, 1.54) is 6.07 Å². The minimum absolute atomic E-state index is 0.0865. The SMILES string of the molecule is O=C(CS(=O)c1ccccc1)c1cc(Cl)sc1Cl. The zero-order valence-electron chi connectivity index (χ0n) is 9.06. The number of benzene rings is 1. The number of carbonyl (C=O) groups is 1. The molecule has 0 N–H and O–H groups in total. The van der Waals surface area contributed by atoms with E-state index >= 15 is 0 Å². The van der Waals surface area contributed by atoms with Gasteiger partial charge in [-0.1, -0.05) is 41.4 Å². The molecule has 2 nitrogen and oxygen atoms in total. The number of halogens is 2. The van der Waals surface area contributed by atoms with Crippen molar-refractivity contribution in [2.24, 2.45) is 0 Å².